The van der Waals surface area contributed by atoms with Gasteiger partial charge in [-0.1, -0.05) is 42.0 Å². The maximum Gasteiger partial charge on any atom is 0.297 e. The number of H-pyrrole nitrogens is 1. The van der Waals surface area contributed by atoms with E-state index >= 15 is 0 Å². The number of pyridine rings is 2. The average Bonchev–Trinajstić information content (AvgIpc) is 3.92. The normalized spacial score (nSPS) is 17.1. The number of fused-ring (bicyclic) bond motifs is 2. The molecule has 212 valence electrons. The minimum atomic E-state index is -3.61. The summed E-state index contributed by atoms with van der Waals surface area (Å²) in [5.41, 5.74) is 2.94. The van der Waals surface area contributed by atoms with Gasteiger partial charge in [0, 0.05) is 34.7 Å². The van der Waals surface area contributed by atoms with E-state index in [1.807, 2.05) is 61.5 Å². The van der Waals surface area contributed by atoms with Crippen LogP contribution < -0.4 is 10.2 Å². The lowest BCUT2D eigenvalue weighted by Crippen LogP contribution is -2.10. The molecule has 2 aliphatic heterocycles. The van der Waals surface area contributed by atoms with Crippen molar-refractivity contribution >= 4 is 31.9 Å². The van der Waals surface area contributed by atoms with Crippen LogP contribution in [0.2, 0.25) is 0 Å². The van der Waals surface area contributed by atoms with E-state index in [0.717, 1.165) is 39.7 Å². The van der Waals surface area contributed by atoms with Crippen LogP contribution in [0.3, 0.4) is 0 Å². The minimum Gasteiger partial charge on any atom is -0.490 e. The van der Waals surface area contributed by atoms with Gasteiger partial charge in [0.2, 0.25) is 0 Å². The molecule has 0 aliphatic carbocycles. The molecule has 3 aromatic carbocycles. The summed E-state index contributed by atoms with van der Waals surface area (Å²) in [4.78, 5) is 18.6. The number of aromatic nitrogens is 2. The van der Waals surface area contributed by atoms with Crippen molar-refractivity contribution in [3.05, 3.63) is 113 Å². The molecule has 41 heavy (non-hydrogen) atoms. The molecule has 0 radical (unpaired) electrons. The second-order valence-corrected chi connectivity index (χ2v) is 11.1. The zero-order valence-electron chi connectivity index (χ0n) is 22.4. The van der Waals surface area contributed by atoms with Crippen LogP contribution in [0.5, 0.6) is 5.75 Å². The molecule has 4 heterocycles. The molecule has 5 aromatic rings. The van der Waals surface area contributed by atoms with Crippen LogP contribution in [0.1, 0.15) is 5.56 Å². The number of benzene rings is 3. The summed E-state index contributed by atoms with van der Waals surface area (Å²) in [5.74, 6) is 0.885. The summed E-state index contributed by atoms with van der Waals surface area (Å²) in [7, 11) is -3.61. The van der Waals surface area contributed by atoms with E-state index < -0.39 is 10.1 Å². The molecular formula is C31H30N2O7S. The molecule has 0 bridgehead atoms. The molecular weight excluding hydrogens is 544 g/mol. The van der Waals surface area contributed by atoms with Gasteiger partial charge in [-0.2, -0.15) is 8.42 Å². The number of aryl methyl sites for hydroxylation is 1. The molecule has 9 nitrogen and oxygen atoms in total. The molecule has 0 spiro atoms. The highest BCUT2D eigenvalue weighted by Gasteiger charge is 2.26. The van der Waals surface area contributed by atoms with Gasteiger partial charge in [-0.15, -0.1) is 0 Å². The quantitative estimate of drug-likeness (QED) is 0.220. The van der Waals surface area contributed by atoms with E-state index in [-0.39, 0.29) is 29.1 Å². The van der Waals surface area contributed by atoms with Gasteiger partial charge in [-0.05, 0) is 49.4 Å². The molecule has 2 atom stereocenters. The monoisotopic (exact) mass is 574 g/mol. The average molecular weight is 575 g/mol. The SMILES string of the molecule is Cc1ccc(S(=O)(=O)OC[C@H]2CO2)cc1.O=c1cc[nH]c2ccccc12.c1ccc2c(OC[C@H]3CO3)ccnc2c1. The van der Waals surface area contributed by atoms with Crippen molar-refractivity contribution in [2.75, 3.05) is 26.4 Å². The first-order valence-corrected chi connectivity index (χ1v) is 14.5. The number of aromatic amines is 1. The Morgan fingerprint density at radius 3 is 2.22 bits per heavy atom. The predicted molar refractivity (Wildman–Crippen MR) is 156 cm³/mol. The molecule has 2 aliphatic rings. The smallest absolute Gasteiger partial charge is 0.297 e. The van der Waals surface area contributed by atoms with Crippen molar-refractivity contribution in [1.82, 2.24) is 9.97 Å². The Balaban J connectivity index is 0.000000125. The molecule has 0 unspecified atom stereocenters. The molecule has 2 fully saturated rings. The molecule has 0 amide bonds. The van der Waals surface area contributed by atoms with Gasteiger partial charge in [0.25, 0.3) is 10.1 Å². The third-order valence-corrected chi connectivity index (χ3v) is 7.52. The largest absolute Gasteiger partial charge is 0.490 e. The zero-order chi connectivity index (χ0) is 28.7. The zero-order valence-corrected chi connectivity index (χ0v) is 23.3. The highest BCUT2D eigenvalue weighted by atomic mass is 32.2. The maximum atomic E-state index is 11.6. The van der Waals surface area contributed by atoms with Gasteiger partial charge in [0.1, 0.15) is 24.6 Å². The van der Waals surface area contributed by atoms with Gasteiger partial charge in [0.15, 0.2) is 5.43 Å². The van der Waals surface area contributed by atoms with E-state index in [9.17, 15) is 13.2 Å². The Hall–Kier alpha value is -4.09. The predicted octanol–water partition coefficient (Wildman–Crippen LogP) is 4.64. The first-order valence-electron chi connectivity index (χ1n) is 13.1. The second-order valence-electron chi connectivity index (χ2n) is 9.49. The van der Waals surface area contributed by atoms with Crippen LogP contribution in [0.15, 0.2) is 107 Å². The second kappa shape index (κ2) is 13.0. The van der Waals surface area contributed by atoms with E-state index in [1.54, 1.807) is 36.7 Å². The fourth-order valence-corrected chi connectivity index (χ4v) is 4.70. The Kier molecular flexibility index (Phi) is 9.05. The Bertz CT molecular complexity index is 1750. The van der Waals surface area contributed by atoms with Gasteiger partial charge in [-0.25, -0.2) is 0 Å². The standard InChI is InChI=1S/C12H11NO2.C10H12O4S.C9H7NO/c1-2-4-11-10(3-1)12(5-6-13-11)15-8-9-7-14-9;1-8-2-4-10(5-3-8)15(11,12)14-7-9-6-13-9;11-9-5-6-10-8-4-2-1-3-7(8)9/h1-6,9H,7-8H2;2-5,9H,6-7H2,1H3;1-6H,(H,10,11)/t2*9-;/m11./s1. The van der Waals surface area contributed by atoms with Crippen molar-refractivity contribution in [1.29, 1.82) is 0 Å². The first kappa shape index (κ1) is 28.4. The maximum absolute atomic E-state index is 11.6. The van der Waals surface area contributed by atoms with Gasteiger partial charge in [-0.3, -0.25) is 14.0 Å². The summed E-state index contributed by atoms with van der Waals surface area (Å²) < 4.78 is 43.7. The number of nitrogens with one attached hydrogen (secondary N) is 1. The van der Waals surface area contributed by atoms with Crippen molar-refractivity contribution in [2.24, 2.45) is 0 Å². The van der Waals surface area contributed by atoms with Crippen LogP contribution in [0.4, 0.5) is 0 Å². The number of ether oxygens (including phenoxy) is 3. The van der Waals surface area contributed by atoms with Gasteiger partial charge < -0.3 is 19.2 Å². The van der Waals surface area contributed by atoms with E-state index in [1.165, 1.54) is 6.07 Å². The number of rotatable bonds is 7. The van der Waals surface area contributed by atoms with Crippen molar-refractivity contribution < 1.29 is 26.8 Å². The van der Waals surface area contributed by atoms with Crippen LogP contribution in [-0.4, -0.2) is 57.0 Å². The fourth-order valence-electron chi connectivity index (χ4n) is 3.77. The first-order chi connectivity index (χ1) is 19.9. The summed E-state index contributed by atoms with van der Waals surface area (Å²) >= 11 is 0. The fraction of sp³-hybridized carbons (Fsp3) is 0.226. The highest BCUT2D eigenvalue weighted by Crippen LogP contribution is 2.24. The lowest BCUT2D eigenvalue weighted by atomic mass is 10.2. The molecule has 1 N–H and O–H groups in total. The molecule has 2 aromatic heterocycles. The van der Waals surface area contributed by atoms with Crippen molar-refractivity contribution in [3.63, 3.8) is 0 Å². The Morgan fingerprint density at radius 1 is 0.854 bits per heavy atom. The van der Waals surface area contributed by atoms with Crippen LogP contribution in [-0.2, 0) is 23.8 Å². The summed E-state index contributed by atoms with van der Waals surface area (Å²) in [6.07, 6.45) is 3.66. The number of hydrogen-bond donors (Lipinski definition) is 1. The molecule has 10 heteroatoms. The minimum absolute atomic E-state index is 0.0507. The van der Waals surface area contributed by atoms with E-state index in [2.05, 4.69) is 9.97 Å². The number of para-hydroxylation sites is 2. The Labute approximate surface area is 237 Å². The summed E-state index contributed by atoms with van der Waals surface area (Å²) in [5, 5.41) is 1.80. The topological polar surface area (TPSA) is 123 Å². The van der Waals surface area contributed by atoms with Gasteiger partial charge in [0.05, 0.1) is 30.2 Å². The Morgan fingerprint density at radius 2 is 1.51 bits per heavy atom. The third-order valence-electron chi connectivity index (χ3n) is 6.22. The van der Waals surface area contributed by atoms with E-state index in [0.29, 0.717) is 13.2 Å². The lowest BCUT2D eigenvalue weighted by molar-refractivity contribution is 0.265. The molecule has 7 rings (SSSR count). The van der Waals surface area contributed by atoms with Crippen LogP contribution >= 0.6 is 0 Å². The molecule has 2 saturated heterocycles. The lowest BCUT2D eigenvalue weighted by Gasteiger charge is -2.06. The highest BCUT2D eigenvalue weighted by molar-refractivity contribution is 7.86. The third kappa shape index (κ3) is 8.21. The number of hydrogen-bond acceptors (Lipinski definition) is 8. The summed E-state index contributed by atoms with van der Waals surface area (Å²) in [6, 6.07) is 25.4. The van der Waals surface area contributed by atoms with Crippen LogP contribution in [0, 0.1) is 6.92 Å². The van der Waals surface area contributed by atoms with Crippen LogP contribution in [0.25, 0.3) is 21.8 Å². The number of nitrogens with zero attached hydrogens (tertiary/aromatic N) is 1. The number of epoxide rings is 2. The van der Waals surface area contributed by atoms with E-state index in [4.69, 9.17) is 18.4 Å². The van der Waals surface area contributed by atoms with Crippen molar-refractivity contribution in [2.45, 2.75) is 24.0 Å². The molecule has 0 saturated carbocycles. The van der Waals surface area contributed by atoms with Crippen molar-refractivity contribution in [3.8, 4) is 5.75 Å². The van der Waals surface area contributed by atoms with Gasteiger partial charge >= 0.3 is 0 Å². The summed E-state index contributed by atoms with van der Waals surface area (Å²) in [6.45, 7) is 4.05.